The van der Waals surface area contributed by atoms with E-state index in [9.17, 15) is 39.0 Å². The number of aromatic hydroxyl groups is 1. The van der Waals surface area contributed by atoms with E-state index in [0.717, 1.165) is 0 Å². The van der Waals surface area contributed by atoms with E-state index in [-0.39, 0.29) is 43.8 Å². The number of aliphatic carboxylic acids is 1. The van der Waals surface area contributed by atoms with Crippen molar-refractivity contribution in [1.29, 1.82) is 0 Å². The van der Waals surface area contributed by atoms with Crippen LogP contribution in [0.3, 0.4) is 0 Å². The van der Waals surface area contributed by atoms with Gasteiger partial charge in [-0.2, -0.15) is 0 Å². The number of carboxylic acids is 1. The number of hydrogen-bond acceptors (Lipinski definition) is 10. The number of carboxylic acid groups (broad SMARTS) is 1. The molecule has 0 saturated heterocycles. The number of phenols is 1. The number of nitrogens with two attached hydrogens (primary N) is 3. The number of rotatable bonds is 26. The van der Waals surface area contributed by atoms with Gasteiger partial charge in [-0.3, -0.25) is 24.0 Å². The maximum Gasteiger partial charge on any atom is 0.326 e. The van der Waals surface area contributed by atoms with Gasteiger partial charge < -0.3 is 54.0 Å². The van der Waals surface area contributed by atoms with Crippen LogP contribution in [0.1, 0.15) is 84.1 Å². The molecule has 0 aliphatic heterocycles. The second-order valence-corrected chi connectivity index (χ2v) is 13.3. The van der Waals surface area contributed by atoms with Crippen molar-refractivity contribution >= 4 is 35.5 Å². The van der Waals surface area contributed by atoms with Crippen molar-refractivity contribution in [2.75, 3.05) is 13.1 Å². The first-order chi connectivity index (χ1) is 24.7. The first-order valence-corrected chi connectivity index (χ1v) is 18.0. The molecule has 0 aromatic heterocycles. The van der Waals surface area contributed by atoms with E-state index in [1.807, 2.05) is 13.8 Å². The monoisotopic (exact) mass is 732 g/mol. The van der Waals surface area contributed by atoms with Crippen LogP contribution in [0, 0.1) is 5.92 Å². The van der Waals surface area contributed by atoms with Gasteiger partial charge in [-0.1, -0.05) is 39.0 Å². The lowest BCUT2D eigenvalue weighted by molar-refractivity contribution is -0.142. The molecule has 0 radical (unpaired) electrons. The Hall–Kier alpha value is -4.54. The Morgan fingerprint density at radius 3 is 1.62 bits per heavy atom. The Morgan fingerprint density at radius 1 is 0.712 bits per heavy atom. The third kappa shape index (κ3) is 17.1. The van der Waals surface area contributed by atoms with Crippen LogP contribution < -0.4 is 43.8 Å². The summed E-state index contributed by atoms with van der Waals surface area (Å²) in [6.45, 7) is 9.79. The first kappa shape index (κ1) is 45.5. The van der Waals surface area contributed by atoms with Crippen molar-refractivity contribution < 1.29 is 39.0 Å². The van der Waals surface area contributed by atoms with E-state index >= 15 is 0 Å². The summed E-state index contributed by atoms with van der Waals surface area (Å²) in [5.41, 5.74) is 17.7. The summed E-state index contributed by atoms with van der Waals surface area (Å²) in [6, 6.07) is -0.686. The third-order valence-corrected chi connectivity index (χ3v) is 8.30. The van der Waals surface area contributed by atoms with Gasteiger partial charge in [-0.05, 0) is 94.5 Å². The van der Waals surface area contributed by atoms with E-state index < -0.39 is 71.8 Å². The lowest BCUT2D eigenvalue weighted by Gasteiger charge is -2.27. The highest BCUT2D eigenvalue weighted by molar-refractivity contribution is 5.96. The highest BCUT2D eigenvalue weighted by Crippen LogP contribution is 2.13. The molecule has 0 bridgehead atoms. The summed E-state index contributed by atoms with van der Waals surface area (Å²) in [4.78, 5) is 78.9. The van der Waals surface area contributed by atoms with Gasteiger partial charge in [0.1, 0.15) is 36.0 Å². The van der Waals surface area contributed by atoms with E-state index in [1.54, 1.807) is 19.1 Å². The van der Waals surface area contributed by atoms with Crippen LogP contribution in [-0.4, -0.2) is 95.1 Å². The van der Waals surface area contributed by atoms with E-state index in [0.29, 0.717) is 50.8 Å². The second-order valence-electron chi connectivity index (χ2n) is 13.3. The molecular formula is C36H60N8O8. The van der Waals surface area contributed by atoms with E-state index in [2.05, 4.69) is 33.2 Å². The summed E-state index contributed by atoms with van der Waals surface area (Å²) in [5.74, 6) is -4.60. The Bertz CT molecular complexity index is 1310. The number of amides is 5. The number of benzene rings is 1. The minimum Gasteiger partial charge on any atom is -0.508 e. The van der Waals surface area contributed by atoms with Gasteiger partial charge >= 0.3 is 5.97 Å². The van der Waals surface area contributed by atoms with Gasteiger partial charge in [0.25, 0.3) is 0 Å². The van der Waals surface area contributed by atoms with Gasteiger partial charge in [0, 0.05) is 6.42 Å². The molecule has 0 spiro atoms. The van der Waals surface area contributed by atoms with Crippen LogP contribution in [0.25, 0.3) is 0 Å². The maximum atomic E-state index is 13.7. The SMILES string of the molecule is C=CC[C@@H](NC(=O)[C@@H](CCCCN)NC(=O)[C@@H](CCCCN)NC(=O)[C@H](N)CC)C(=O)N[C@H](Cc1ccc(O)cc1)C(=O)N[C@H](CC(C)C)C(=O)O. The van der Waals surface area contributed by atoms with Crippen molar-refractivity contribution in [2.24, 2.45) is 23.1 Å². The number of phenolic OH excluding ortho intramolecular Hbond substituents is 1. The predicted octanol–water partition coefficient (Wildman–Crippen LogP) is 0.0608. The molecular weight excluding hydrogens is 672 g/mol. The Kier molecular flexibility index (Phi) is 21.5. The zero-order chi connectivity index (χ0) is 39.2. The number of unbranched alkanes of at least 4 members (excludes halogenated alkanes) is 2. The molecule has 292 valence electrons. The van der Waals surface area contributed by atoms with Gasteiger partial charge in [0.2, 0.25) is 29.5 Å². The molecule has 1 aromatic carbocycles. The topological polar surface area (TPSA) is 281 Å². The van der Waals surface area contributed by atoms with Crippen LogP contribution >= 0.6 is 0 Å². The van der Waals surface area contributed by atoms with Crippen molar-refractivity contribution in [3.8, 4) is 5.75 Å². The normalized spacial score (nSPS) is 14.5. The zero-order valence-electron chi connectivity index (χ0n) is 30.7. The molecule has 0 saturated carbocycles. The fourth-order valence-electron chi connectivity index (χ4n) is 5.24. The molecule has 6 atom stereocenters. The van der Waals surface area contributed by atoms with Crippen LogP contribution in [0.15, 0.2) is 36.9 Å². The lowest BCUT2D eigenvalue weighted by Crippen LogP contribution is -2.59. The third-order valence-electron chi connectivity index (χ3n) is 8.30. The molecule has 5 amide bonds. The van der Waals surface area contributed by atoms with Crippen LogP contribution in [-0.2, 0) is 35.2 Å². The second kappa shape index (κ2) is 24.6. The molecule has 16 heteroatoms. The molecule has 16 nitrogen and oxygen atoms in total. The average molecular weight is 733 g/mol. The van der Waals surface area contributed by atoms with Gasteiger partial charge in [0.05, 0.1) is 6.04 Å². The molecule has 52 heavy (non-hydrogen) atoms. The highest BCUT2D eigenvalue weighted by atomic mass is 16.4. The number of nitrogens with one attached hydrogen (secondary N) is 5. The fourth-order valence-corrected chi connectivity index (χ4v) is 5.24. The highest BCUT2D eigenvalue weighted by Gasteiger charge is 2.32. The van der Waals surface area contributed by atoms with Gasteiger partial charge in [-0.25, -0.2) is 4.79 Å². The van der Waals surface area contributed by atoms with E-state index in [4.69, 9.17) is 17.2 Å². The number of carbonyl (C=O) groups is 6. The molecule has 1 aromatic rings. The molecule has 0 heterocycles. The molecule has 1 rings (SSSR count). The molecule has 0 unspecified atom stereocenters. The quantitative estimate of drug-likeness (QED) is 0.0449. The summed E-state index contributed by atoms with van der Waals surface area (Å²) in [7, 11) is 0. The fraction of sp³-hybridized carbons (Fsp3) is 0.611. The van der Waals surface area contributed by atoms with Gasteiger partial charge in [-0.15, -0.1) is 6.58 Å². The Morgan fingerprint density at radius 2 is 1.15 bits per heavy atom. The van der Waals surface area contributed by atoms with Crippen LogP contribution in [0.2, 0.25) is 0 Å². The first-order valence-electron chi connectivity index (χ1n) is 18.0. The molecule has 13 N–H and O–H groups in total. The summed E-state index contributed by atoms with van der Waals surface area (Å²) in [5, 5.41) is 32.6. The summed E-state index contributed by atoms with van der Waals surface area (Å²) < 4.78 is 0. The van der Waals surface area contributed by atoms with Crippen molar-refractivity contribution in [2.45, 2.75) is 121 Å². The summed E-state index contributed by atoms with van der Waals surface area (Å²) >= 11 is 0. The smallest absolute Gasteiger partial charge is 0.326 e. The standard InChI is InChI=1S/C36H60N8O8/c1-5-11-26(32(47)43-29(21-23-14-16-24(45)17-15-23)35(50)44-30(36(51)52)20-22(3)4)41-34(49)28(13-8-10-19-38)42-33(48)27(12-7-9-18-37)40-31(46)25(39)6-2/h5,14-17,22,25-30,45H,1,6-13,18-21,37-39H2,2-4H3,(H,40,46)(H,41,49)(H,42,48)(H,43,47)(H,44,50)(H,51,52)/t25-,26-,27-,28-,29-,30-/m1/s1. The maximum absolute atomic E-state index is 13.7. The van der Waals surface area contributed by atoms with Crippen molar-refractivity contribution in [3.63, 3.8) is 0 Å². The zero-order valence-corrected chi connectivity index (χ0v) is 30.7. The molecule has 0 aliphatic rings. The summed E-state index contributed by atoms with van der Waals surface area (Å²) in [6.07, 6.45) is 4.40. The Balaban J connectivity index is 3.30. The molecule has 0 aliphatic carbocycles. The van der Waals surface area contributed by atoms with Crippen molar-refractivity contribution in [1.82, 2.24) is 26.6 Å². The van der Waals surface area contributed by atoms with Crippen LogP contribution in [0.4, 0.5) is 0 Å². The average Bonchev–Trinajstić information content (AvgIpc) is 3.10. The largest absolute Gasteiger partial charge is 0.508 e. The van der Waals surface area contributed by atoms with Crippen LogP contribution in [0.5, 0.6) is 5.75 Å². The number of carbonyl (C=O) groups excluding carboxylic acids is 5. The minimum absolute atomic E-state index is 0.00711. The predicted molar refractivity (Wildman–Crippen MR) is 197 cm³/mol. The number of hydrogen-bond donors (Lipinski definition) is 10. The minimum atomic E-state index is -1.26. The van der Waals surface area contributed by atoms with E-state index in [1.165, 1.54) is 18.2 Å². The molecule has 0 fully saturated rings. The Labute approximate surface area is 306 Å². The van der Waals surface area contributed by atoms with Crippen molar-refractivity contribution in [3.05, 3.63) is 42.5 Å². The lowest BCUT2D eigenvalue weighted by atomic mass is 10.0. The van der Waals surface area contributed by atoms with Gasteiger partial charge in [0.15, 0.2) is 0 Å².